The number of aliphatic hydroxyl groups is 1. The smallest absolute Gasteiger partial charge is 0.0465 e. The molecule has 1 N–H and O–H groups in total. The average molecular weight is 196 g/mol. The van der Waals surface area contributed by atoms with E-state index in [0.29, 0.717) is 5.92 Å². The molecule has 0 unspecified atom stereocenters. The van der Waals surface area contributed by atoms with Crippen molar-refractivity contribution in [1.82, 2.24) is 0 Å². The van der Waals surface area contributed by atoms with E-state index in [9.17, 15) is 0 Å². The lowest BCUT2D eigenvalue weighted by Crippen LogP contribution is -1.88. The molecule has 0 aromatic heterocycles. The highest BCUT2D eigenvalue weighted by atomic mass is 16.2. The molecule has 0 bridgehead atoms. The van der Waals surface area contributed by atoms with Crippen molar-refractivity contribution >= 4 is 0 Å². The van der Waals surface area contributed by atoms with E-state index in [-0.39, 0.29) is 6.61 Å². The molecule has 0 fully saturated rings. The predicted octanol–water partition coefficient (Wildman–Crippen LogP) is 3.70. The number of aliphatic hydroxyl groups excluding tert-OH is 1. The van der Waals surface area contributed by atoms with Gasteiger partial charge in [-0.1, -0.05) is 57.4 Å². The molecular weight excluding hydrogens is 172 g/mol. The number of unbranched alkanes of at least 4 members (excludes halogenated alkanes) is 2. The summed E-state index contributed by atoms with van der Waals surface area (Å²) in [6, 6.07) is 0. The minimum absolute atomic E-state index is 0.246. The third-order valence-electron chi connectivity index (χ3n) is 2.25. The highest BCUT2D eigenvalue weighted by Gasteiger charge is 1.94. The predicted molar refractivity (Wildman–Crippen MR) is 63.3 cm³/mol. The fourth-order valence-electron chi connectivity index (χ4n) is 1.32. The minimum atomic E-state index is 0.246. The molecule has 0 aliphatic carbocycles. The second kappa shape index (κ2) is 10.5. The van der Waals surface area contributed by atoms with E-state index in [4.69, 9.17) is 5.11 Å². The number of allylic oxidation sites excluding steroid dienone is 3. The molecule has 0 rings (SSSR count). The Morgan fingerprint density at radius 2 is 2.00 bits per heavy atom. The van der Waals surface area contributed by atoms with Crippen molar-refractivity contribution in [3.05, 3.63) is 24.3 Å². The maximum Gasteiger partial charge on any atom is 0.0465 e. The van der Waals surface area contributed by atoms with E-state index in [1.807, 2.05) is 12.2 Å². The summed E-state index contributed by atoms with van der Waals surface area (Å²) in [5, 5.41) is 8.54. The van der Waals surface area contributed by atoms with Gasteiger partial charge in [0.15, 0.2) is 0 Å². The Labute approximate surface area is 88.5 Å². The van der Waals surface area contributed by atoms with Gasteiger partial charge in [0.1, 0.15) is 0 Å². The molecule has 14 heavy (non-hydrogen) atoms. The molecule has 82 valence electrons. The van der Waals surface area contributed by atoms with E-state index in [0.717, 1.165) is 6.42 Å². The highest BCUT2D eigenvalue weighted by molar-refractivity contribution is 5.03. The maximum atomic E-state index is 8.54. The van der Waals surface area contributed by atoms with Crippen molar-refractivity contribution in [3.8, 4) is 0 Å². The summed E-state index contributed by atoms with van der Waals surface area (Å²) < 4.78 is 0. The van der Waals surface area contributed by atoms with Gasteiger partial charge in [-0.05, 0) is 18.8 Å². The van der Waals surface area contributed by atoms with Gasteiger partial charge in [-0.15, -0.1) is 0 Å². The average Bonchev–Trinajstić information content (AvgIpc) is 2.18. The molecule has 1 nitrogen and oxygen atoms in total. The second-order valence-electron chi connectivity index (χ2n) is 3.80. The molecule has 0 saturated heterocycles. The van der Waals surface area contributed by atoms with Crippen LogP contribution < -0.4 is 0 Å². The molecule has 0 radical (unpaired) electrons. The van der Waals surface area contributed by atoms with Gasteiger partial charge in [0.05, 0.1) is 0 Å². The van der Waals surface area contributed by atoms with Crippen molar-refractivity contribution in [2.75, 3.05) is 6.61 Å². The molecule has 0 aliphatic rings. The fraction of sp³-hybridized carbons (Fsp3) is 0.692. The lowest BCUT2D eigenvalue weighted by molar-refractivity contribution is 0.302. The van der Waals surface area contributed by atoms with Crippen LogP contribution in [0.25, 0.3) is 0 Å². The van der Waals surface area contributed by atoms with Crippen LogP contribution in [-0.2, 0) is 0 Å². The van der Waals surface area contributed by atoms with E-state index in [1.54, 1.807) is 0 Å². The Balaban J connectivity index is 3.44. The van der Waals surface area contributed by atoms with Crippen LogP contribution in [0.5, 0.6) is 0 Å². The van der Waals surface area contributed by atoms with Crippen molar-refractivity contribution in [1.29, 1.82) is 0 Å². The van der Waals surface area contributed by atoms with Crippen molar-refractivity contribution in [2.45, 2.75) is 46.0 Å². The summed E-state index contributed by atoms with van der Waals surface area (Å²) in [6.45, 7) is 4.74. The van der Waals surface area contributed by atoms with Crippen LogP contribution in [-0.4, -0.2) is 11.7 Å². The molecule has 0 saturated carbocycles. The van der Waals surface area contributed by atoms with Gasteiger partial charge in [-0.25, -0.2) is 0 Å². The van der Waals surface area contributed by atoms with Crippen LogP contribution in [0, 0.1) is 5.92 Å². The van der Waals surface area contributed by atoms with Gasteiger partial charge in [-0.2, -0.15) is 0 Å². The summed E-state index contributed by atoms with van der Waals surface area (Å²) in [6.07, 6.45) is 14.4. The lowest BCUT2D eigenvalue weighted by atomic mass is 10.0. The largest absolute Gasteiger partial charge is 0.396 e. The molecule has 0 spiro atoms. The maximum absolute atomic E-state index is 8.54. The van der Waals surface area contributed by atoms with Crippen molar-refractivity contribution < 1.29 is 5.11 Å². The van der Waals surface area contributed by atoms with Gasteiger partial charge in [0, 0.05) is 6.61 Å². The highest BCUT2D eigenvalue weighted by Crippen LogP contribution is 2.10. The Hall–Kier alpha value is -0.560. The standard InChI is InChI=1S/C13H24O/c1-3-4-7-10-13(2)11-8-5-6-9-12-14/h5-6,8,11,13-14H,3-4,7,9-10,12H2,1-2H3/b6-5-,11-8+/t13-/m0/s1. The third-order valence-corrected chi connectivity index (χ3v) is 2.25. The van der Waals surface area contributed by atoms with Crippen molar-refractivity contribution in [2.24, 2.45) is 5.92 Å². The Kier molecular flexibility index (Phi) is 10.1. The quantitative estimate of drug-likeness (QED) is 0.463. The second-order valence-corrected chi connectivity index (χ2v) is 3.80. The first kappa shape index (κ1) is 13.4. The summed E-state index contributed by atoms with van der Waals surface area (Å²) in [5.74, 6) is 0.681. The topological polar surface area (TPSA) is 20.2 Å². The molecule has 0 aromatic rings. The van der Waals surface area contributed by atoms with E-state index in [2.05, 4.69) is 26.0 Å². The van der Waals surface area contributed by atoms with Crippen molar-refractivity contribution in [3.63, 3.8) is 0 Å². The van der Waals surface area contributed by atoms with Gasteiger partial charge < -0.3 is 5.11 Å². The van der Waals surface area contributed by atoms with Crippen LogP contribution in [0.15, 0.2) is 24.3 Å². The van der Waals surface area contributed by atoms with Crippen LogP contribution in [0.4, 0.5) is 0 Å². The minimum Gasteiger partial charge on any atom is -0.396 e. The fourth-order valence-corrected chi connectivity index (χ4v) is 1.32. The normalized spacial score (nSPS) is 14.2. The number of rotatable bonds is 8. The zero-order chi connectivity index (χ0) is 10.6. The van der Waals surface area contributed by atoms with Crippen LogP contribution in [0.1, 0.15) is 46.0 Å². The summed E-state index contributed by atoms with van der Waals surface area (Å²) in [7, 11) is 0. The monoisotopic (exact) mass is 196 g/mol. The van der Waals surface area contributed by atoms with Crippen LogP contribution >= 0.6 is 0 Å². The molecule has 0 aliphatic heterocycles. The van der Waals surface area contributed by atoms with Crippen LogP contribution in [0.3, 0.4) is 0 Å². The Morgan fingerprint density at radius 3 is 2.64 bits per heavy atom. The molecule has 1 atom stereocenters. The van der Waals surface area contributed by atoms with Gasteiger partial charge in [0.25, 0.3) is 0 Å². The number of hydrogen-bond donors (Lipinski definition) is 1. The zero-order valence-electron chi connectivity index (χ0n) is 9.58. The Morgan fingerprint density at radius 1 is 1.21 bits per heavy atom. The van der Waals surface area contributed by atoms with Gasteiger partial charge in [0.2, 0.25) is 0 Å². The Bertz CT molecular complexity index is 159. The molecule has 0 heterocycles. The first-order chi connectivity index (χ1) is 6.81. The lowest BCUT2D eigenvalue weighted by Gasteiger charge is -2.03. The molecule has 0 aromatic carbocycles. The van der Waals surface area contributed by atoms with Gasteiger partial charge in [-0.3, -0.25) is 0 Å². The molecular formula is C13H24O. The van der Waals surface area contributed by atoms with E-state index < -0.39 is 0 Å². The van der Waals surface area contributed by atoms with Gasteiger partial charge >= 0.3 is 0 Å². The summed E-state index contributed by atoms with van der Waals surface area (Å²) in [4.78, 5) is 0. The summed E-state index contributed by atoms with van der Waals surface area (Å²) >= 11 is 0. The zero-order valence-corrected chi connectivity index (χ0v) is 9.58. The molecule has 0 amide bonds. The van der Waals surface area contributed by atoms with E-state index >= 15 is 0 Å². The third kappa shape index (κ3) is 9.53. The summed E-state index contributed by atoms with van der Waals surface area (Å²) in [5.41, 5.74) is 0. The first-order valence-corrected chi connectivity index (χ1v) is 5.75. The van der Waals surface area contributed by atoms with Crippen LogP contribution in [0.2, 0.25) is 0 Å². The SMILES string of the molecule is CCCCC[C@H](C)/C=C/C=C\CCO. The van der Waals surface area contributed by atoms with E-state index in [1.165, 1.54) is 25.7 Å². The first-order valence-electron chi connectivity index (χ1n) is 5.75. The number of hydrogen-bond acceptors (Lipinski definition) is 1. The molecule has 1 heteroatoms.